The molecule has 2 aromatic heterocycles. The summed E-state index contributed by atoms with van der Waals surface area (Å²) < 4.78 is 3.48. The van der Waals surface area contributed by atoms with Gasteiger partial charge >= 0.3 is 0 Å². The maximum atomic E-state index is 12.8. The Labute approximate surface area is 188 Å². The number of rotatable bonds is 6. The fourth-order valence-corrected chi connectivity index (χ4v) is 4.24. The van der Waals surface area contributed by atoms with Gasteiger partial charge in [0.25, 0.3) is 5.91 Å². The van der Waals surface area contributed by atoms with Crippen LogP contribution in [0.2, 0.25) is 0 Å². The molecule has 0 spiro atoms. The predicted molar refractivity (Wildman–Crippen MR) is 124 cm³/mol. The van der Waals surface area contributed by atoms with Crippen molar-refractivity contribution in [2.75, 3.05) is 10.6 Å². The molecule has 4 rings (SSSR count). The van der Waals surface area contributed by atoms with Crippen molar-refractivity contribution >= 4 is 23.3 Å². The highest BCUT2D eigenvalue weighted by molar-refractivity contribution is 6.04. The van der Waals surface area contributed by atoms with Gasteiger partial charge in [-0.3, -0.25) is 19.0 Å². The molecule has 1 aromatic carbocycles. The number of nitrogens with zero attached hydrogens (tertiary/aromatic N) is 4. The maximum absolute atomic E-state index is 12.8. The Morgan fingerprint density at radius 3 is 2.53 bits per heavy atom. The van der Waals surface area contributed by atoms with Crippen LogP contribution in [-0.2, 0) is 18.4 Å². The van der Waals surface area contributed by atoms with Crippen LogP contribution in [0.5, 0.6) is 0 Å². The number of aromatic nitrogens is 4. The summed E-state index contributed by atoms with van der Waals surface area (Å²) in [4.78, 5) is 25.3. The molecule has 0 atom stereocenters. The number of benzene rings is 1. The molecule has 32 heavy (non-hydrogen) atoms. The summed E-state index contributed by atoms with van der Waals surface area (Å²) in [5.41, 5.74) is 4.06. The molecule has 1 fully saturated rings. The van der Waals surface area contributed by atoms with Crippen molar-refractivity contribution in [3.63, 3.8) is 0 Å². The number of amides is 2. The maximum Gasteiger partial charge on any atom is 0.276 e. The lowest BCUT2D eigenvalue weighted by molar-refractivity contribution is -0.120. The molecule has 1 aliphatic carbocycles. The van der Waals surface area contributed by atoms with E-state index in [1.807, 2.05) is 48.9 Å². The highest BCUT2D eigenvalue weighted by Gasteiger charge is 2.23. The van der Waals surface area contributed by atoms with Crippen LogP contribution in [0.1, 0.15) is 59.5 Å². The Hall–Kier alpha value is -3.42. The minimum Gasteiger partial charge on any atom is -0.321 e. The van der Waals surface area contributed by atoms with Crippen LogP contribution >= 0.6 is 0 Å². The van der Waals surface area contributed by atoms with Crippen molar-refractivity contribution in [2.24, 2.45) is 13.0 Å². The summed E-state index contributed by atoms with van der Waals surface area (Å²) in [6.45, 7) is 4.63. The van der Waals surface area contributed by atoms with Crippen LogP contribution in [0.4, 0.5) is 11.5 Å². The number of nitrogens with one attached hydrogen (secondary N) is 2. The van der Waals surface area contributed by atoms with Crippen molar-refractivity contribution in [3.05, 3.63) is 59.0 Å². The molecule has 2 amide bonds. The van der Waals surface area contributed by atoms with Crippen LogP contribution in [0.25, 0.3) is 0 Å². The second kappa shape index (κ2) is 9.38. The summed E-state index contributed by atoms with van der Waals surface area (Å²) in [5.74, 6) is 0.267. The van der Waals surface area contributed by atoms with Crippen molar-refractivity contribution in [3.8, 4) is 0 Å². The molecule has 0 aliphatic heterocycles. The van der Waals surface area contributed by atoms with E-state index in [4.69, 9.17) is 0 Å². The molecule has 0 radical (unpaired) electrons. The van der Waals surface area contributed by atoms with Gasteiger partial charge < -0.3 is 10.6 Å². The Morgan fingerprint density at radius 2 is 1.81 bits per heavy atom. The average molecular weight is 435 g/mol. The first-order valence-corrected chi connectivity index (χ1v) is 11.2. The SMILES string of the molecule is Cc1cc(C)n(Cc2cccc(NC(=O)c3cc(NC(=O)C4CCCCC4)n(C)n3)c2)n1. The van der Waals surface area contributed by atoms with Crippen LogP contribution in [0.15, 0.2) is 36.4 Å². The van der Waals surface area contributed by atoms with E-state index in [-0.39, 0.29) is 23.4 Å². The molecule has 0 unspecified atom stereocenters. The first-order valence-electron chi connectivity index (χ1n) is 11.2. The van der Waals surface area contributed by atoms with Gasteiger partial charge in [-0.1, -0.05) is 31.4 Å². The number of anilines is 2. The quantitative estimate of drug-likeness (QED) is 0.612. The van der Waals surface area contributed by atoms with Gasteiger partial charge in [0, 0.05) is 30.4 Å². The summed E-state index contributed by atoms with van der Waals surface area (Å²) >= 11 is 0. The predicted octanol–water partition coefficient (Wildman–Crippen LogP) is 4.05. The molecule has 2 N–H and O–H groups in total. The highest BCUT2D eigenvalue weighted by Crippen LogP contribution is 2.25. The molecule has 168 valence electrons. The third-order valence-corrected chi connectivity index (χ3v) is 5.96. The van der Waals surface area contributed by atoms with Crippen LogP contribution in [-0.4, -0.2) is 31.4 Å². The number of carbonyl (C=O) groups excluding carboxylic acids is 2. The highest BCUT2D eigenvalue weighted by atomic mass is 16.2. The zero-order valence-electron chi connectivity index (χ0n) is 18.9. The lowest BCUT2D eigenvalue weighted by Crippen LogP contribution is -2.25. The summed E-state index contributed by atoms with van der Waals surface area (Å²) in [6, 6.07) is 11.4. The number of hydrogen-bond acceptors (Lipinski definition) is 4. The molecular weight excluding hydrogens is 404 g/mol. The first-order chi connectivity index (χ1) is 15.4. The van der Waals surface area contributed by atoms with E-state index in [1.165, 1.54) is 11.1 Å². The molecule has 8 nitrogen and oxygen atoms in total. The van der Waals surface area contributed by atoms with Crippen molar-refractivity contribution in [1.82, 2.24) is 19.6 Å². The van der Waals surface area contributed by atoms with Crippen molar-refractivity contribution in [2.45, 2.75) is 52.5 Å². The molecule has 1 saturated carbocycles. The number of hydrogen-bond donors (Lipinski definition) is 2. The normalized spacial score (nSPS) is 14.3. The molecular formula is C24H30N6O2. The van der Waals surface area contributed by atoms with Gasteiger partial charge in [-0.2, -0.15) is 10.2 Å². The van der Waals surface area contributed by atoms with Gasteiger partial charge in [-0.15, -0.1) is 0 Å². The molecule has 1 aliphatic rings. The molecule has 8 heteroatoms. The third kappa shape index (κ3) is 5.07. The Balaban J connectivity index is 1.41. The van der Waals surface area contributed by atoms with E-state index in [0.29, 0.717) is 18.1 Å². The Kier molecular flexibility index (Phi) is 6.39. The first kappa shape index (κ1) is 21.8. The van der Waals surface area contributed by atoms with Crippen molar-refractivity contribution < 1.29 is 9.59 Å². The van der Waals surface area contributed by atoms with Crippen molar-refractivity contribution in [1.29, 1.82) is 0 Å². The molecule has 3 aromatic rings. The summed E-state index contributed by atoms with van der Waals surface area (Å²) in [7, 11) is 1.72. The van der Waals surface area contributed by atoms with Gasteiger partial charge in [-0.25, -0.2) is 0 Å². The van der Waals surface area contributed by atoms with Gasteiger partial charge in [0.15, 0.2) is 5.69 Å². The minimum atomic E-state index is -0.318. The van der Waals surface area contributed by atoms with E-state index in [1.54, 1.807) is 13.1 Å². The fourth-order valence-electron chi connectivity index (χ4n) is 4.24. The van der Waals surface area contributed by atoms with Gasteiger partial charge in [0.05, 0.1) is 12.2 Å². The van der Waals surface area contributed by atoms with E-state index in [0.717, 1.165) is 42.6 Å². The average Bonchev–Trinajstić information content (AvgIpc) is 3.29. The third-order valence-electron chi connectivity index (χ3n) is 5.96. The lowest BCUT2D eigenvalue weighted by atomic mass is 9.89. The van der Waals surface area contributed by atoms with E-state index >= 15 is 0 Å². The lowest BCUT2D eigenvalue weighted by Gasteiger charge is -2.20. The van der Waals surface area contributed by atoms with Crippen LogP contribution < -0.4 is 10.6 Å². The summed E-state index contributed by atoms with van der Waals surface area (Å²) in [6.07, 6.45) is 5.23. The van der Waals surface area contributed by atoms with Gasteiger partial charge in [0.2, 0.25) is 5.91 Å². The molecule has 0 bridgehead atoms. The van der Waals surface area contributed by atoms with E-state index in [2.05, 4.69) is 20.8 Å². The smallest absolute Gasteiger partial charge is 0.276 e. The van der Waals surface area contributed by atoms with Crippen LogP contribution in [0, 0.1) is 19.8 Å². The second-order valence-electron chi connectivity index (χ2n) is 8.60. The Morgan fingerprint density at radius 1 is 1.03 bits per heavy atom. The minimum absolute atomic E-state index is 0.0107. The second-order valence-corrected chi connectivity index (χ2v) is 8.60. The van der Waals surface area contributed by atoms with E-state index in [9.17, 15) is 9.59 Å². The van der Waals surface area contributed by atoms with E-state index < -0.39 is 0 Å². The zero-order chi connectivity index (χ0) is 22.7. The molecule has 0 saturated heterocycles. The monoisotopic (exact) mass is 434 g/mol. The zero-order valence-corrected chi connectivity index (χ0v) is 18.9. The Bertz CT molecular complexity index is 1120. The van der Waals surface area contributed by atoms with Gasteiger partial charge in [-0.05, 0) is 50.5 Å². The summed E-state index contributed by atoms with van der Waals surface area (Å²) in [5, 5.41) is 14.6. The molecule has 2 heterocycles. The number of carbonyl (C=O) groups is 2. The van der Waals surface area contributed by atoms with Gasteiger partial charge in [0.1, 0.15) is 5.82 Å². The fraction of sp³-hybridized carbons (Fsp3) is 0.417. The number of aryl methyl sites for hydroxylation is 3. The standard InChI is InChI=1S/C24H30N6O2/c1-16-12-17(2)30(27-16)15-18-8-7-11-20(13-18)25-24(32)21-14-22(29(3)28-21)26-23(31)19-9-5-4-6-10-19/h7-8,11-14,19H,4-6,9-10,15H2,1-3H3,(H,25,32)(H,26,31). The van der Waals surface area contributed by atoms with Crippen LogP contribution in [0.3, 0.4) is 0 Å². The largest absolute Gasteiger partial charge is 0.321 e. The topological polar surface area (TPSA) is 93.8 Å².